The van der Waals surface area contributed by atoms with Crippen LogP contribution in [0.3, 0.4) is 0 Å². The van der Waals surface area contributed by atoms with E-state index in [1.807, 2.05) is 54.6 Å². The number of hydrogen-bond acceptors (Lipinski definition) is 7. The summed E-state index contributed by atoms with van der Waals surface area (Å²) in [5, 5.41) is 12.8. The molecule has 4 N–H and O–H groups in total. The highest BCUT2D eigenvalue weighted by molar-refractivity contribution is 7.99. The van der Waals surface area contributed by atoms with Crippen molar-refractivity contribution in [3.8, 4) is 0 Å². The zero-order chi connectivity index (χ0) is 24.7. The number of fused-ring (bicyclic) bond motifs is 1. The monoisotopic (exact) mass is 507 g/mol. The zero-order valence-corrected chi connectivity index (χ0v) is 20.5. The van der Waals surface area contributed by atoms with Gasteiger partial charge in [-0.25, -0.2) is 23.5 Å². The lowest BCUT2D eigenvalue weighted by Gasteiger charge is -2.11. The van der Waals surface area contributed by atoms with Crippen LogP contribution in [-0.4, -0.2) is 36.6 Å². The summed E-state index contributed by atoms with van der Waals surface area (Å²) < 4.78 is 22.7. The Bertz CT molecular complexity index is 1410. The molecule has 0 bridgehead atoms. The maximum atomic E-state index is 12.4. The van der Waals surface area contributed by atoms with Crippen LogP contribution >= 0.6 is 11.8 Å². The predicted molar refractivity (Wildman–Crippen MR) is 139 cm³/mol. The summed E-state index contributed by atoms with van der Waals surface area (Å²) in [6.45, 7) is 1.06. The van der Waals surface area contributed by atoms with Gasteiger partial charge in [0.05, 0.1) is 16.2 Å². The summed E-state index contributed by atoms with van der Waals surface area (Å²) in [7, 11) is -3.71. The Hall–Kier alpha value is -3.47. The molecule has 0 atom stereocenters. The molecule has 0 radical (unpaired) electrons. The van der Waals surface area contributed by atoms with Crippen LogP contribution in [0.5, 0.6) is 0 Å². The SMILES string of the molecule is NS(=O)(=O)c1ccc(CCNC(=O)CSc2nc(NCc3ccccc3)c3ccccc3n2)cc1. The molecule has 1 amide bonds. The van der Waals surface area contributed by atoms with Crippen LogP contribution in [0.1, 0.15) is 11.1 Å². The quantitative estimate of drug-likeness (QED) is 0.222. The second kappa shape index (κ2) is 11.3. The van der Waals surface area contributed by atoms with E-state index in [9.17, 15) is 13.2 Å². The number of para-hydroxylation sites is 1. The van der Waals surface area contributed by atoms with Crippen molar-refractivity contribution in [1.82, 2.24) is 15.3 Å². The maximum absolute atomic E-state index is 12.4. The minimum absolute atomic E-state index is 0.0645. The standard InChI is InChI=1S/C25H25N5O3S2/c26-35(32,33)20-12-10-18(11-13-20)14-15-27-23(31)17-34-25-29-22-9-5-4-8-21(22)24(30-25)28-16-19-6-2-1-3-7-19/h1-13H,14-17H2,(H,27,31)(H2,26,32,33)(H,28,29,30). The minimum atomic E-state index is -3.71. The lowest BCUT2D eigenvalue weighted by molar-refractivity contribution is -0.118. The molecule has 4 rings (SSSR count). The first kappa shape index (κ1) is 24.6. The molecule has 1 aromatic heterocycles. The number of primary sulfonamides is 1. The molecule has 35 heavy (non-hydrogen) atoms. The summed E-state index contributed by atoms with van der Waals surface area (Å²) in [6, 6.07) is 24.1. The third-order valence-corrected chi connectivity index (χ3v) is 6.98. The van der Waals surface area contributed by atoms with Gasteiger partial charge in [0, 0.05) is 18.5 Å². The van der Waals surface area contributed by atoms with Gasteiger partial charge in [0.15, 0.2) is 5.16 Å². The van der Waals surface area contributed by atoms with Crippen molar-refractivity contribution in [2.45, 2.75) is 23.0 Å². The molecule has 8 nitrogen and oxygen atoms in total. The fourth-order valence-corrected chi connectivity index (χ4v) is 4.61. The van der Waals surface area contributed by atoms with E-state index in [0.29, 0.717) is 24.7 Å². The second-order valence-corrected chi connectivity index (χ2v) is 10.3. The van der Waals surface area contributed by atoms with Crippen molar-refractivity contribution in [3.63, 3.8) is 0 Å². The molecule has 0 fully saturated rings. The third kappa shape index (κ3) is 7.01. The number of nitrogens with two attached hydrogens (primary N) is 1. The first-order chi connectivity index (χ1) is 16.9. The van der Waals surface area contributed by atoms with Gasteiger partial charge < -0.3 is 10.6 Å². The molecule has 4 aromatic rings. The number of amides is 1. The minimum Gasteiger partial charge on any atom is -0.365 e. The number of nitrogens with one attached hydrogen (secondary N) is 2. The van der Waals surface area contributed by atoms with Gasteiger partial charge in [-0.15, -0.1) is 0 Å². The van der Waals surface area contributed by atoms with E-state index in [1.165, 1.54) is 23.9 Å². The highest BCUT2D eigenvalue weighted by Gasteiger charge is 2.11. The van der Waals surface area contributed by atoms with E-state index in [1.54, 1.807) is 12.1 Å². The third-order valence-electron chi connectivity index (χ3n) is 5.21. The van der Waals surface area contributed by atoms with Gasteiger partial charge in [-0.2, -0.15) is 0 Å². The van der Waals surface area contributed by atoms with Gasteiger partial charge in [-0.3, -0.25) is 4.79 Å². The number of thioether (sulfide) groups is 1. The number of sulfonamides is 1. The number of carbonyl (C=O) groups excluding carboxylic acids is 1. The normalized spacial score (nSPS) is 11.3. The molecule has 3 aromatic carbocycles. The number of hydrogen-bond donors (Lipinski definition) is 3. The van der Waals surface area contributed by atoms with Gasteiger partial charge >= 0.3 is 0 Å². The number of benzene rings is 3. The van der Waals surface area contributed by atoms with Crippen molar-refractivity contribution in [2.75, 3.05) is 17.6 Å². The fourth-order valence-electron chi connectivity index (χ4n) is 3.41. The summed E-state index contributed by atoms with van der Waals surface area (Å²) >= 11 is 1.28. The summed E-state index contributed by atoms with van der Waals surface area (Å²) in [5.41, 5.74) is 2.85. The van der Waals surface area contributed by atoms with E-state index in [2.05, 4.69) is 20.6 Å². The Morgan fingerprint density at radius 2 is 1.60 bits per heavy atom. The highest BCUT2D eigenvalue weighted by atomic mass is 32.2. The second-order valence-electron chi connectivity index (χ2n) is 7.79. The van der Waals surface area contributed by atoms with Crippen LogP contribution in [0, 0.1) is 0 Å². The first-order valence-corrected chi connectivity index (χ1v) is 13.5. The average molecular weight is 508 g/mol. The Morgan fingerprint density at radius 3 is 2.34 bits per heavy atom. The van der Waals surface area contributed by atoms with Gasteiger partial charge in [0.25, 0.3) is 0 Å². The summed E-state index contributed by atoms with van der Waals surface area (Å²) in [6.07, 6.45) is 0.571. The fraction of sp³-hybridized carbons (Fsp3) is 0.160. The van der Waals surface area contributed by atoms with Crippen LogP contribution < -0.4 is 15.8 Å². The predicted octanol–water partition coefficient (Wildman–Crippen LogP) is 3.34. The maximum Gasteiger partial charge on any atom is 0.238 e. The van der Waals surface area contributed by atoms with Crippen molar-refractivity contribution in [3.05, 3.63) is 90.0 Å². The number of anilines is 1. The Balaban J connectivity index is 1.33. The van der Waals surface area contributed by atoms with Crippen LogP contribution in [0.4, 0.5) is 5.82 Å². The molecule has 10 heteroatoms. The van der Waals surface area contributed by atoms with E-state index < -0.39 is 10.0 Å². The largest absolute Gasteiger partial charge is 0.365 e. The van der Waals surface area contributed by atoms with Crippen LogP contribution in [0.25, 0.3) is 10.9 Å². The first-order valence-electron chi connectivity index (χ1n) is 10.9. The van der Waals surface area contributed by atoms with Gasteiger partial charge in [0.2, 0.25) is 15.9 Å². The Kier molecular flexibility index (Phi) is 7.96. The molecule has 0 spiro atoms. The number of nitrogens with zero attached hydrogens (tertiary/aromatic N) is 2. The topological polar surface area (TPSA) is 127 Å². The summed E-state index contributed by atoms with van der Waals surface area (Å²) in [5.74, 6) is 0.776. The molecule has 0 unspecified atom stereocenters. The molecule has 0 aliphatic rings. The van der Waals surface area contributed by atoms with Gasteiger partial charge in [0.1, 0.15) is 5.82 Å². The Morgan fingerprint density at radius 1 is 0.886 bits per heavy atom. The van der Waals surface area contributed by atoms with Gasteiger partial charge in [-0.1, -0.05) is 66.4 Å². The molecule has 180 valence electrons. The molecule has 0 aliphatic carbocycles. The van der Waals surface area contributed by atoms with Crippen LogP contribution in [-0.2, 0) is 27.8 Å². The molecule has 0 saturated carbocycles. The van der Waals surface area contributed by atoms with Crippen LogP contribution in [0.15, 0.2) is 88.9 Å². The van der Waals surface area contributed by atoms with E-state index in [4.69, 9.17) is 5.14 Å². The molecule has 1 heterocycles. The average Bonchev–Trinajstić information content (AvgIpc) is 2.86. The molecular formula is C25H25N5O3S2. The van der Waals surface area contributed by atoms with Crippen molar-refractivity contribution in [1.29, 1.82) is 0 Å². The number of aromatic nitrogens is 2. The van der Waals surface area contributed by atoms with E-state index >= 15 is 0 Å². The smallest absolute Gasteiger partial charge is 0.238 e. The van der Waals surface area contributed by atoms with E-state index in [-0.39, 0.29) is 16.6 Å². The van der Waals surface area contributed by atoms with Crippen molar-refractivity contribution >= 4 is 44.4 Å². The van der Waals surface area contributed by atoms with Gasteiger partial charge in [-0.05, 0) is 41.8 Å². The van der Waals surface area contributed by atoms with Crippen molar-refractivity contribution < 1.29 is 13.2 Å². The van der Waals surface area contributed by atoms with E-state index in [0.717, 1.165) is 27.8 Å². The van der Waals surface area contributed by atoms with Crippen molar-refractivity contribution in [2.24, 2.45) is 5.14 Å². The summed E-state index contributed by atoms with van der Waals surface area (Å²) in [4.78, 5) is 21.7. The molecule has 0 saturated heterocycles. The molecule has 0 aliphatic heterocycles. The van der Waals surface area contributed by atoms with Crippen LogP contribution in [0.2, 0.25) is 0 Å². The number of carbonyl (C=O) groups is 1. The lowest BCUT2D eigenvalue weighted by Crippen LogP contribution is -2.27. The highest BCUT2D eigenvalue weighted by Crippen LogP contribution is 2.24. The lowest BCUT2D eigenvalue weighted by atomic mass is 10.1. The Labute approximate surface area is 208 Å². The molecular weight excluding hydrogens is 482 g/mol. The number of rotatable bonds is 10. The zero-order valence-electron chi connectivity index (χ0n) is 18.8.